The van der Waals surface area contributed by atoms with Gasteiger partial charge in [-0.3, -0.25) is 5.32 Å². The molecule has 2 heterocycles. The van der Waals surface area contributed by atoms with Crippen molar-refractivity contribution in [3.8, 4) is 0 Å². The number of aryl methyl sites for hydroxylation is 1. The fraction of sp³-hybridized carbons (Fsp3) is 0.167. The third kappa shape index (κ3) is 3.14. The third-order valence-electron chi connectivity index (χ3n) is 2.66. The zero-order valence-electron chi connectivity index (χ0n) is 11.0. The first kappa shape index (κ1) is 13.4. The van der Waals surface area contributed by atoms with Crippen LogP contribution in [0.2, 0.25) is 0 Å². The molecule has 108 valence electrons. The summed E-state index contributed by atoms with van der Waals surface area (Å²) in [6, 6.07) is 3.87. The Morgan fingerprint density at radius 1 is 1.43 bits per heavy atom. The summed E-state index contributed by atoms with van der Waals surface area (Å²) in [7, 11) is 0. The van der Waals surface area contributed by atoms with Crippen LogP contribution < -0.4 is 10.6 Å². The standard InChI is InChI=1S/C12H11FN6OS/c1-6-15-12(21-19-6)18-11(20)14-5-10-16-8-3-2-7(13)4-9(8)17-10/h2-4H,5H2,1H3,(H,16,17)(H2,14,15,18,19,20). The lowest BCUT2D eigenvalue weighted by Crippen LogP contribution is -2.28. The van der Waals surface area contributed by atoms with Crippen molar-refractivity contribution in [3.05, 3.63) is 35.7 Å². The van der Waals surface area contributed by atoms with E-state index in [4.69, 9.17) is 0 Å². The molecule has 0 aliphatic heterocycles. The first-order valence-electron chi connectivity index (χ1n) is 6.09. The van der Waals surface area contributed by atoms with Crippen LogP contribution in [0.1, 0.15) is 11.6 Å². The summed E-state index contributed by atoms with van der Waals surface area (Å²) in [5, 5.41) is 5.63. The molecule has 0 unspecified atom stereocenters. The molecule has 9 heteroatoms. The van der Waals surface area contributed by atoms with E-state index in [0.717, 1.165) is 11.5 Å². The number of imidazole rings is 1. The van der Waals surface area contributed by atoms with E-state index < -0.39 is 6.03 Å². The lowest BCUT2D eigenvalue weighted by atomic mass is 10.3. The van der Waals surface area contributed by atoms with Crippen LogP contribution in [0.5, 0.6) is 0 Å². The summed E-state index contributed by atoms with van der Waals surface area (Å²) in [6.45, 7) is 1.94. The monoisotopic (exact) mass is 306 g/mol. The second kappa shape index (κ2) is 5.44. The van der Waals surface area contributed by atoms with Crippen LogP contribution in [0.15, 0.2) is 18.2 Å². The number of hydrogen-bond acceptors (Lipinski definition) is 5. The molecular formula is C12H11FN6OS. The molecule has 2 aromatic heterocycles. The van der Waals surface area contributed by atoms with E-state index in [2.05, 4.69) is 30.0 Å². The van der Waals surface area contributed by atoms with Gasteiger partial charge in [-0.2, -0.15) is 4.37 Å². The molecule has 0 aliphatic rings. The van der Waals surface area contributed by atoms with E-state index in [0.29, 0.717) is 27.8 Å². The van der Waals surface area contributed by atoms with Gasteiger partial charge < -0.3 is 10.3 Å². The minimum absolute atomic E-state index is 0.194. The number of rotatable bonds is 3. The molecule has 0 aliphatic carbocycles. The van der Waals surface area contributed by atoms with Crippen LogP contribution >= 0.6 is 11.5 Å². The maximum atomic E-state index is 13.1. The molecule has 2 amide bonds. The topological polar surface area (TPSA) is 95.6 Å². The number of hydrogen-bond donors (Lipinski definition) is 3. The number of fused-ring (bicyclic) bond motifs is 1. The summed E-state index contributed by atoms with van der Waals surface area (Å²) in [6.07, 6.45) is 0. The summed E-state index contributed by atoms with van der Waals surface area (Å²) in [4.78, 5) is 22.9. The highest BCUT2D eigenvalue weighted by atomic mass is 32.1. The van der Waals surface area contributed by atoms with Crippen molar-refractivity contribution < 1.29 is 9.18 Å². The molecule has 0 fully saturated rings. The predicted molar refractivity (Wildman–Crippen MR) is 76.6 cm³/mol. The van der Waals surface area contributed by atoms with E-state index in [9.17, 15) is 9.18 Å². The van der Waals surface area contributed by atoms with Crippen molar-refractivity contribution in [2.45, 2.75) is 13.5 Å². The van der Waals surface area contributed by atoms with Crippen molar-refractivity contribution >= 4 is 33.7 Å². The zero-order chi connectivity index (χ0) is 14.8. The van der Waals surface area contributed by atoms with Gasteiger partial charge >= 0.3 is 6.03 Å². The Morgan fingerprint density at radius 3 is 3.05 bits per heavy atom. The van der Waals surface area contributed by atoms with Gasteiger partial charge in [-0.15, -0.1) is 0 Å². The smallest absolute Gasteiger partial charge is 0.321 e. The Balaban J connectivity index is 1.61. The zero-order valence-corrected chi connectivity index (χ0v) is 11.8. The van der Waals surface area contributed by atoms with E-state index in [1.165, 1.54) is 12.1 Å². The van der Waals surface area contributed by atoms with Gasteiger partial charge in [-0.1, -0.05) is 0 Å². The van der Waals surface area contributed by atoms with Crippen molar-refractivity contribution in [1.29, 1.82) is 0 Å². The van der Waals surface area contributed by atoms with Gasteiger partial charge in [0.2, 0.25) is 5.13 Å². The lowest BCUT2D eigenvalue weighted by Gasteiger charge is -2.02. The molecule has 7 nitrogen and oxygen atoms in total. The molecule has 21 heavy (non-hydrogen) atoms. The van der Waals surface area contributed by atoms with Gasteiger partial charge in [-0.25, -0.2) is 19.2 Å². The van der Waals surface area contributed by atoms with Crippen LogP contribution in [0.3, 0.4) is 0 Å². The maximum Gasteiger partial charge on any atom is 0.321 e. The average Bonchev–Trinajstić information content (AvgIpc) is 3.02. The van der Waals surface area contributed by atoms with Crippen LogP contribution in [0.25, 0.3) is 11.0 Å². The molecule has 0 saturated carbocycles. The summed E-state index contributed by atoms with van der Waals surface area (Å²) < 4.78 is 17.0. The number of carbonyl (C=O) groups excluding carboxylic acids is 1. The van der Waals surface area contributed by atoms with E-state index in [1.807, 2.05) is 0 Å². The van der Waals surface area contributed by atoms with E-state index in [1.54, 1.807) is 13.0 Å². The normalized spacial score (nSPS) is 10.8. The number of urea groups is 1. The first-order chi connectivity index (χ1) is 10.1. The third-order valence-corrected chi connectivity index (χ3v) is 3.38. The van der Waals surface area contributed by atoms with Crippen LogP contribution in [0, 0.1) is 12.7 Å². The summed E-state index contributed by atoms with van der Waals surface area (Å²) in [5.74, 6) is 0.809. The van der Waals surface area contributed by atoms with Gasteiger partial charge in [0.15, 0.2) is 0 Å². The largest absolute Gasteiger partial charge is 0.340 e. The number of amides is 2. The van der Waals surface area contributed by atoms with E-state index >= 15 is 0 Å². The van der Waals surface area contributed by atoms with Gasteiger partial charge in [0.05, 0.1) is 17.6 Å². The number of nitrogens with one attached hydrogen (secondary N) is 3. The number of carbonyl (C=O) groups is 1. The number of halogens is 1. The van der Waals surface area contributed by atoms with Crippen LogP contribution in [0.4, 0.5) is 14.3 Å². The molecule has 3 rings (SSSR count). The summed E-state index contributed by atoms with van der Waals surface area (Å²) in [5.41, 5.74) is 1.24. The second-order valence-corrected chi connectivity index (χ2v) is 5.05. The second-order valence-electron chi connectivity index (χ2n) is 4.30. The Hall–Kier alpha value is -2.55. The van der Waals surface area contributed by atoms with E-state index in [-0.39, 0.29) is 12.4 Å². The maximum absolute atomic E-state index is 13.1. The first-order valence-corrected chi connectivity index (χ1v) is 6.87. The molecule has 3 N–H and O–H groups in total. The van der Waals surface area contributed by atoms with Crippen LogP contribution in [-0.4, -0.2) is 25.4 Å². The molecule has 0 radical (unpaired) electrons. The Labute approximate surface area is 122 Å². The number of benzene rings is 1. The molecule has 0 atom stereocenters. The fourth-order valence-corrected chi connectivity index (χ4v) is 2.34. The SMILES string of the molecule is Cc1nsc(NC(=O)NCc2nc3ccc(F)cc3[nH]2)n1. The molecular weight excluding hydrogens is 295 g/mol. The molecule has 0 bridgehead atoms. The summed E-state index contributed by atoms with van der Waals surface area (Å²) >= 11 is 1.11. The molecule has 0 spiro atoms. The average molecular weight is 306 g/mol. The van der Waals surface area contributed by atoms with Gasteiger partial charge in [0.25, 0.3) is 0 Å². The minimum atomic E-state index is -0.405. The number of aromatic nitrogens is 4. The Kier molecular flexibility index (Phi) is 3.48. The minimum Gasteiger partial charge on any atom is -0.340 e. The number of H-pyrrole nitrogens is 1. The highest BCUT2D eigenvalue weighted by Gasteiger charge is 2.08. The van der Waals surface area contributed by atoms with Gasteiger partial charge in [0.1, 0.15) is 17.5 Å². The van der Waals surface area contributed by atoms with Crippen molar-refractivity contribution in [1.82, 2.24) is 24.6 Å². The fourth-order valence-electron chi connectivity index (χ4n) is 1.77. The molecule has 1 aromatic carbocycles. The highest BCUT2D eigenvalue weighted by Crippen LogP contribution is 2.13. The highest BCUT2D eigenvalue weighted by molar-refractivity contribution is 7.09. The van der Waals surface area contributed by atoms with Crippen molar-refractivity contribution in [3.63, 3.8) is 0 Å². The Morgan fingerprint density at radius 2 is 2.29 bits per heavy atom. The molecule has 0 saturated heterocycles. The molecule has 3 aromatic rings. The quantitative estimate of drug-likeness (QED) is 0.691. The number of anilines is 1. The van der Waals surface area contributed by atoms with Crippen molar-refractivity contribution in [2.24, 2.45) is 0 Å². The van der Waals surface area contributed by atoms with Crippen molar-refractivity contribution in [2.75, 3.05) is 5.32 Å². The van der Waals surface area contributed by atoms with Gasteiger partial charge in [-0.05, 0) is 25.1 Å². The predicted octanol–water partition coefficient (Wildman–Crippen LogP) is 2.18. The van der Waals surface area contributed by atoms with Crippen LogP contribution in [-0.2, 0) is 6.54 Å². The van der Waals surface area contributed by atoms with Gasteiger partial charge in [0, 0.05) is 11.5 Å². The number of nitrogens with zero attached hydrogens (tertiary/aromatic N) is 3. The number of aromatic amines is 1. The Bertz CT molecular complexity index is 798. The lowest BCUT2D eigenvalue weighted by molar-refractivity contribution is 0.251.